The lowest BCUT2D eigenvalue weighted by molar-refractivity contribution is 0.828. The molecule has 3 N–H and O–H groups in total. The van der Waals surface area contributed by atoms with Gasteiger partial charge in [0.25, 0.3) is 0 Å². The van der Waals surface area contributed by atoms with Gasteiger partial charge in [-0.3, -0.25) is 4.57 Å². The minimum Gasteiger partial charge on any atom is -0.382 e. The molecule has 0 fully saturated rings. The SMILES string of the molecule is Nc1ncnc2c1n1c(=S)[nH]nc1n2Cc1ccccc1. The zero-order valence-corrected chi connectivity index (χ0v) is 11.7. The first-order valence-electron chi connectivity index (χ1n) is 6.35. The number of aromatic nitrogens is 6. The van der Waals surface area contributed by atoms with Crippen LogP contribution in [0.3, 0.4) is 0 Å². The van der Waals surface area contributed by atoms with Gasteiger partial charge in [0.05, 0.1) is 6.54 Å². The summed E-state index contributed by atoms with van der Waals surface area (Å²) in [6.45, 7) is 0.629. The van der Waals surface area contributed by atoms with Crippen molar-refractivity contribution in [3.05, 3.63) is 47.0 Å². The Morgan fingerprint density at radius 1 is 1.19 bits per heavy atom. The third-order valence-electron chi connectivity index (χ3n) is 3.39. The minimum atomic E-state index is 0.384. The van der Waals surface area contributed by atoms with Crippen molar-refractivity contribution in [2.24, 2.45) is 0 Å². The average Bonchev–Trinajstić information content (AvgIpc) is 3.01. The van der Waals surface area contributed by atoms with Crippen molar-refractivity contribution < 1.29 is 0 Å². The van der Waals surface area contributed by atoms with E-state index in [4.69, 9.17) is 18.0 Å². The first-order chi connectivity index (χ1) is 10.3. The number of hydrogen-bond acceptors (Lipinski definition) is 5. The molecule has 0 aliphatic heterocycles. The van der Waals surface area contributed by atoms with Crippen LogP contribution in [0.4, 0.5) is 5.82 Å². The van der Waals surface area contributed by atoms with Crippen LogP contribution < -0.4 is 5.73 Å². The van der Waals surface area contributed by atoms with E-state index in [-0.39, 0.29) is 0 Å². The van der Waals surface area contributed by atoms with E-state index in [0.717, 1.165) is 5.56 Å². The van der Waals surface area contributed by atoms with Crippen LogP contribution in [-0.2, 0) is 6.54 Å². The first kappa shape index (κ1) is 12.0. The molecule has 8 heteroatoms. The summed E-state index contributed by atoms with van der Waals surface area (Å²) < 4.78 is 4.21. The quantitative estimate of drug-likeness (QED) is 0.550. The van der Waals surface area contributed by atoms with Crippen LogP contribution in [0.2, 0.25) is 0 Å². The summed E-state index contributed by atoms with van der Waals surface area (Å²) in [6, 6.07) is 10.1. The maximum absolute atomic E-state index is 5.98. The second-order valence-electron chi connectivity index (χ2n) is 4.67. The molecule has 104 valence electrons. The Hall–Kier alpha value is -2.74. The van der Waals surface area contributed by atoms with Crippen molar-refractivity contribution in [2.45, 2.75) is 6.54 Å². The predicted octanol–water partition coefficient (Wildman–Crippen LogP) is 1.77. The fraction of sp³-hybridized carbons (Fsp3) is 0.0769. The molecular weight excluding hydrogens is 286 g/mol. The second-order valence-corrected chi connectivity index (χ2v) is 5.05. The number of nitrogens with two attached hydrogens (primary N) is 1. The monoisotopic (exact) mass is 297 g/mol. The summed E-state index contributed by atoms with van der Waals surface area (Å²) in [7, 11) is 0. The molecule has 0 spiro atoms. The van der Waals surface area contributed by atoms with Crippen LogP contribution in [0.25, 0.3) is 16.9 Å². The Morgan fingerprint density at radius 2 is 2.00 bits per heavy atom. The fourth-order valence-corrected chi connectivity index (χ4v) is 2.69. The van der Waals surface area contributed by atoms with E-state index in [1.165, 1.54) is 6.33 Å². The molecule has 7 nitrogen and oxygen atoms in total. The minimum absolute atomic E-state index is 0.384. The summed E-state index contributed by atoms with van der Waals surface area (Å²) in [4.78, 5) is 8.38. The lowest BCUT2D eigenvalue weighted by atomic mass is 10.2. The zero-order valence-electron chi connectivity index (χ0n) is 10.9. The van der Waals surface area contributed by atoms with Crippen molar-refractivity contribution in [3.63, 3.8) is 0 Å². The third kappa shape index (κ3) is 1.73. The van der Waals surface area contributed by atoms with E-state index in [2.05, 4.69) is 20.2 Å². The van der Waals surface area contributed by atoms with Gasteiger partial charge in [0.2, 0.25) is 10.5 Å². The van der Waals surface area contributed by atoms with Crippen molar-refractivity contribution in [1.29, 1.82) is 0 Å². The number of H-pyrrole nitrogens is 1. The molecule has 1 aromatic carbocycles. The van der Waals surface area contributed by atoms with E-state index in [9.17, 15) is 0 Å². The van der Waals surface area contributed by atoms with E-state index >= 15 is 0 Å². The molecule has 0 atom stereocenters. The van der Waals surface area contributed by atoms with Gasteiger partial charge in [-0.05, 0) is 17.8 Å². The molecular formula is C13H11N7S. The van der Waals surface area contributed by atoms with Crippen molar-refractivity contribution in [1.82, 2.24) is 29.1 Å². The van der Waals surface area contributed by atoms with Crippen LogP contribution >= 0.6 is 12.2 Å². The molecule has 0 aliphatic rings. The van der Waals surface area contributed by atoms with E-state index in [1.54, 1.807) is 4.40 Å². The molecule has 4 rings (SSSR count). The molecule has 0 unspecified atom stereocenters. The van der Waals surface area contributed by atoms with Crippen LogP contribution in [0.15, 0.2) is 36.7 Å². The normalized spacial score (nSPS) is 11.4. The number of nitrogen functional groups attached to an aromatic ring is 1. The molecule has 3 heterocycles. The van der Waals surface area contributed by atoms with Gasteiger partial charge in [0, 0.05) is 0 Å². The number of hydrogen-bond donors (Lipinski definition) is 2. The molecule has 21 heavy (non-hydrogen) atoms. The Morgan fingerprint density at radius 3 is 2.81 bits per heavy atom. The number of rotatable bonds is 2. The van der Waals surface area contributed by atoms with E-state index in [1.807, 2.05) is 34.9 Å². The average molecular weight is 297 g/mol. The number of nitrogens with zero attached hydrogens (tertiary/aromatic N) is 5. The summed E-state index contributed by atoms with van der Waals surface area (Å²) in [5.41, 5.74) is 8.52. The molecule has 0 saturated heterocycles. The smallest absolute Gasteiger partial charge is 0.236 e. The van der Waals surface area contributed by atoms with Gasteiger partial charge in [0.1, 0.15) is 11.8 Å². The van der Waals surface area contributed by atoms with Gasteiger partial charge >= 0.3 is 0 Å². The lowest BCUT2D eigenvalue weighted by Crippen LogP contribution is -2.02. The van der Waals surface area contributed by atoms with Crippen LogP contribution in [0.5, 0.6) is 0 Å². The summed E-state index contributed by atoms with van der Waals surface area (Å²) >= 11 is 5.27. The predicted molar refractivity (Wildman–Crippen MR) is 81.4 cm³/mol. The van der Waals surface area contributed by atoms with Crippen molar-refractivity contribution >= 4 is 35.0 Å². The summed E-state index contributed by atoms with van der Waals surface area (Å²) in [5, 5.41) is 7.06. The Labute approximate surface area is 124 Å². The maximum Gasteiger partial charge on any atom is 0.236 e. The van der Waals surface area contributed by atoms with Crippen LogP contribution in [0, 0.1) is 4.77 Å². The van der Waals surface area contributed by atoms with Crippen LogP contribution in [-0.4, -0.2) is 29.1 Å². The van der Waals surface area contributed by atoms with E-state index < -0.39 is 0 Å². The number of anilines is 1. The van der Waals surface area contributed by atoms with E-state index in [0.29, 0.717) is 34.1 Å². The molecule has 4 aromatic rings. The van der Waals surface area contributed by atoms with Crippen LogP contribution in [0.1, 0.15) is 5.56 Å². The number of nitrogens with one attached hydrogen (secondary N) is 1. The summed E-state index contributed by atoms with van der Waals surface area (Å²) in [5.74, 6) is 1.06. The van der Waals surface area contributed by atoms with Crippen molar-refractivity contribution in [3.8, 4) is 0 Å². The maximum atomic E-state index is 5.98. The van der Waals surface area contributed by atoms with Gasteiger partial charge in [-0.1, -0.05) is 30.3 Å². The van der Waals surface area contributed by atoms with Crippen molar-refractivity contribution in [2.75, 3.05) is 5.73 Å². The largest absolute Gasteiger partial charge is 0.382 e. The molecule has 0 bridgehead atoms. The van der Waals surface area contributed by atoms with Gasteiger partial charge in [-0.25, -0.2) is 19.5 Å². The Kier molecular flexibility index (Phi) is 2.51. The van der Waals surface area contributed by atoms with Gasteiger partial charge in [-0.15, -0.1) is 5.10 Å². The molecule has 0 radical (unpaired) electrons. The lowest BCUT2D eigenvalue weighted by Gasteiger charge is -2.04. The van der Waals surface area contributed by atoms with Gasteiger partial charge < -0.3 is 5.73 Å². The number of aromatic amines is 1. The molecule has 0 saturated carbocycles. The topological polar surface area (TPSA) is 89.8 Å². The highest BCUT2D eigenvalue weighted by atomic mass is 32.1. The third-order valence-corrected chi connectivity index (χ3v) is 3.66. The summed E-state index contributed by atoms with van der Waals surface area (Å²) in [6.07, 6.45) is 1.45. The fourth-order valence-electron chi connectivity index (χ4n) is 2.47. The highest BCUT2D eigenvalue weighted by Crippen LogP contribution is 2.22. The van der Waals surface area contributed by atoms with Gasteiger partial charge in [0.15, 0.2) is 11.5 Å². The number of fused-ring (bicyclic) bond motifs is 3. The Balaban J connectivity index is 2.07. The molecule has 3 aromatic heterocycles. The van der Waals surface area contributed by atoms with Gasteiger partial charge in [-0.2, -0.15) is 0 Å². The molecule has 0 amide bonds. The highest BCUT2D eigenvalue weighted by molar-refractivity contribution is 7.71. The zero-order chi connectivity index (χ0) is 14.4. The molecule has 0 aliphatic carbocycles. The highest BCUT2D eigenvalue weighted by Gasteiger charge is 2.17. The second kappa shape index (κ2) is 4.38. The number of benzene rings is 1. The first-order valence-corrected chi connectivity index (χ1v) is 6.76. The standard InChI is InChI=1S/C13H11N7S/c14-10-9-11(16-7-15-10)19(6-8-4-2-1-3-5-8)12-17-18-13(21)20(9)12/h1-5,7H,6H2,(H,18,21)(H2,14,15,16). The number of imidazole rings is 1. The Bertz CT molecular complexity index is 996.